The Hall–Kier alpha value is -2.67. The van der Waals surface area contributed by atoms with Crippen molar-refractivity contribution in [1.82, 2.24) is 19.7 Å². The molecule has 2 N–H and O–H groups in total. The van der Waals surface area contributed by atoms with Crippen molar-refractivity contribution in [2.24, 2.45) is 0 Å². The summed E-state index contributed by atoms with van der Waals surface area (Å²) in [6, 6.07) is 7.04. The van der Waals surface area contributed by atoms with Gasteiger partial charge in [-0.2, -0.15) is 5.10 Å². The third-order valence-corrected chi connectivity index (χ3v) is 2.86. The fraction of sp³-hybridized carbons (Fsp3) is 0.214. The average molecular weight is 285 g/mol. The fourth-order valence-electron chi connectivity index (χ4n) is 1.84. The summed E-state index contributed by atoms with van der Waals surface area (Å²) in [4.78, 5) is 8.85. The van der Waals surface area contributed by atoms with Gasteiger partial charge in [0.1, 0.15) is 5.82 Å². The van der Waals surface area contributed by atoms with Gasteiger partial charge in [0.2, 0.25) is 0 Å². The van der Waals surface area contributed by atoms with E-state index in [-0.39, 0.29) is 12.6 Å². The van der Waals surface area contributed by atoms with Gasteiger partial charge < -0.3 is 14.8 Å². The summed E-state index contributed by atoms with van der Waals surface area (Å²) in [7, 11) is 0. The molecule has 3 aromatic rings. The zero-order chi connectivity index (χ0) is 14.7. The number of hydrogen-bond acceptors (Lipinski definition) is 6. The first-order valence-electron chi connectivity index (χ1n) is 6.56. The van der Waals surface area contributed by atoms with Crippen molar-refractivity contribution in [3.05, 3.63) is 42.9 Å². The maximum absolute atomic E-state index is 9.16. The number of nitrogens with zero attached hydrogens (tertiary/aromatic N) is 4. The molecule has 0 aliphatic carbocycles. The Bertz CT molecular complexity index is 642. The van der Waals surface area contributed by atoms with E-state index in [1.165, 1.54) is 0 Å². The number of aromatic nitrogens is 4. The van der Waals surface area contributed by atoms with Gasteiger partial charge >= 0.3 is 0 Å². The van der Waals surface area contributed by atoms with Crippen LogP contribution in [-0.2, 0) is 0 Å². The van der Waals surface area contributed by atoms with E-state index in [1.54, 1.807) is 41.5 Å². The molecule has 21 heavy (non-hydrogen) atoms. The lowest BCUT2D eigenvalue weighted by Crippen LogP contribution is -2.20. The van der Waals surface area contributed by atoms with Crippen molar-refractivity contribution in [2.75, 3.05) is 11.9 Å². The maximum atomic E-state index is 9.16. The van der Waals surface area contributed by atoms with Crippen LogP contribution >= 0.6 is 0 Å². The van der Waals surface area contributed by atoms with Crippen LogP contribution in [0, 0.1) is 0 Å². The summed E-state index contributed by atoms with van der Waals surface area (Å²) < 4.78 is 6.99. The van der Waals surface area contributed by atoms with Crippen LogP contribution in [0.15, 0.2) is 47.3 Å². The topological polar surface area (TPSA) is 89.0 Å². The Morgan fingerprint density at radius 3 is 2.95 bits per heavy atom. The van der Waals surface area contributed by atoms with E-state index in [0.717, 1.165) is 0 Å². The Kier molecular flexibility index (Phi) is 3.65. The van der Waals surface area contributed by atoms with Gasteiger partial charge in [-0.3, -0.25) is 0 Å². The van der Waals surface area contributed by atoms with Crippen LogP contribution in [0.25, 0.3) is 17.4 Å². The molecule has 0 bridgehead atoms. The second kappa shape index (κ2) is 5.76. The van der Waals surface area contributed by atoms with E-state index in [2.05, 4.69) is 20.4 Å². The molecule has 0 unspecified atom stereocenters. The number of aliphatic hydroxyl groups is 1. The van der Waals surface area contributed by atoms with Gasteiger partial charge in [0.25, 0.3) is 0 Å². The largest absolute Gasteiger partial charge is 0.461 e. The fourth-order valence-corrected chi connectivity index (χ4v) is 1.84. The van der Waals surface area contributed by atoms with Crippen LogP contribution in [0.5, 0.6) is 0 Å². The second-order valence-corrected chi connectivity index (χ2v) is 4.59. The molecular weight excluding hydrogens is 270 g/mol. The minimum Gasteiger partial charge on any atom is -0.461 e. The molecule has 0 aromatic carbocycles. The van der Waals surface area contributed by atoms with Crippen LogP contribution in [0.1, 0.15) is 6.92 Å². The number of rotatable bonds is 5. The number of hydrogen-bond donors (Lipinski definition) is 2. The maximum Gasteiger partial charge on any atom is 0.199 e. The van der Waals surface area contributed by atoms with E-state index in [9.17, 15) is 0 Å². The number of nitrogens with one attached hydrogen (secondary N) is 1. The molecular formula is C14H15N5O2. The third-order valence-electron chi connectivity index (χ3n) is 2.86. The molecule has 0 saturated carbocycles. The van der Waals surface area contributed by atoms with Gasteiger partial charge in [-0.1, -0.05) is 0 Å². The summed E-state index contributed by atoms with van der Waals surface area (Å²) >= 11 is 0. The van der Waals surface area contributed by atoms with Crippen LogP contribution in [0.4, 0.5) is 5.82 Å². The highest BCUT2D eigenvalue weighted by molar-refractivity contribution is 5.54. The third kappa shape index (κ3) is 2.92. The van der Waals surface area contributed by atoms with Gasteiger partial charge in [-0.25, -0.2) is 14.6 Å². The van der Waals surface area contributed by atoms with Crippen LogP contribution in [0.2, 0.25) is 0 Å². The highest BCUT2D eigenvalue weighted by atomic mass is 16.3. The van der Waals surface area contributed by atoms with Crippen molar-refractivity contribution in [3.8, 4) is 17.4 Å². The van der Waals surface area contributed by atoms with Gasteiger partial charge in [-0.05, 0) is 25.1 Å². The smallest absolute Gasteiger partial charge is 0.199 e. The first-order chi connectivity index (χ1) is 10.3. The molecule has 0 amide bonds. The van der Waals surface area contributed by atoms with Crippen molar-refractivity contribution in [3.63, 3.8) is 0 Å². The monoisotopic (exact) mass is 285 g/mol. The van der Waals surface area contributed by atoms with E-state index >= 15 is 0 Å². The molecule has 3 aromatic heterocycles. The van der Waals surface area contributed by atoms with Gasteiger partial charge in [0.05, 0.1) is 12.9 Å². The number of anilines is 1. The van der Waals surface area contributed by atoms with Crippen molar-refractivity contribution in [2.45, 2.75) is 13.0 Å². The minimum absolute atomic E-state index is 0.0111. The van der Waals surface area contributed by atoms with E-state index in [0.29, 0.717) is 23.2 Å². The standard InChI is InChI=1S/C14H15N5O2/c1-10(9-20)16-12-8-13(19-6-3-5-15-19)18-14(17-12)11-4-2-7-21-11/h2-8,10,20H,9H2,1H3,(H,16,17,18)/t10-/m1/s1. The molecule has 7 nitrogen and oxygen atoms in total. The normalized spacial score (nSPS) is 12.3. The lowest BCUT2D eigenvalue weighted by atomic mass is 10.3. The van der Waals surface area contributed by atoms with Gasteiger partial charge in [0, 0.05) is 24.5 Å². The summed E-state index contributed by atoms with van der Waals surface area (Å²) in [6.45, 7) is 1.87. The molecule has 0 aliphatic rings. The van der Waals surface area contributed by atoms with Crippen molar-refractivity contribution >= 4 is 5.82 Å². The Morgan fingerprint density at radius 2 is 2.29 bits per heavy atom. The Morgan fingerprint density at radius 1 is 1.38 bits per heavy atom. The zero-order valence-electron chi connectivity index (χ0n) is 11.5. The molecule has 0 fully saturated rings. The molecule has 7 heteroatoms. The van der Waals surface area contributed by atoms with Crippen LogP contribution in [-0.4, -0.2) is 37.5 Å². The van der Waals surface area contributed by atoms with Crippen molar-refractivity contribution < 1.29 is 9.52 Å². The predicted molar refractivity (Wildman–Crippen MR) is 77.0 cm³/mol. The molecule has 0 aliphatic heterocycles. The summed E-state index contributed by atoms with van der Waals surface area (Å²) in [6.07, 6.45) is 5.05. The Labute approximate surface area is 121 Å². The molecule has 3 heterocycles. The molecule has 0 saturated heterocycles. The number of aliphatic hydroxyl groups excluding tert-OH is 1. The van der Waals surface area contributed by atoms with E-state index < -0.39 is 0 Å². The quantitative estimate of drug-likeness (QED) is 0.742. The lowest BCUT2D eigenvalue weighted by Gasteiger charge is -2.13. The zero-order valence-corrected chi connectivity index (χ0v) is 11.5. The molecule has 3 rings (SSSR count). The van der Waals surface area contributed by atoms with Gasteiger partial charge in [0.15, 0.2) is 17.4 Å². The van der Waals surface area contributed by atoms with Crippen LogP contribution in [0.3, 0.4) is 0 Å². The van der Waals surface area contributed by atoms with Gasteiger partial charge in [-0.15, -0.1) is 0 Å². The summed E-state index contributed by atoms with van der Waals surface area (Å²) in [5.41, 5.74) is 0. The summed E-state index contributed by atoms with van der Waals surface area (Å²) in [5, 5.41) is 16.4. The molecule has 1 atom stereocenters. The number of furan rings is 1. The highest BCUT2D eigenvalue weighted by Crippen LogP contribution is 2.20. The average Bonchev–Trinajstić information content (AvgIpc) is 3.20. The molecule has 0 radical (unpaired) electrons. The first kappa shape index (κ1) is 13.3. The predicted octanol–water partition coefficient (Wildman–Crippen LogP) is 1.71. The highest BCUT2D eigenvalue weighted by Gasteiger charge is 2.11. The first-order valence-corrected chi connectivity index (χ1v) is 6.56. The SMILES string of the molecule is C[C@H](CO)Nc1cc(-n2cccn2)nc(-c2ccco2)n1. The molecule has 108 valence electrons. The lowest BCUT2D eigenvalue weighted by molar-refractivity contribution is 0.281. The van der Waals surface area contributed by atoms with E-state index in [4.69, 9.17) is 9.52 Å². The molecule has 0 spiro atoms. The second-order valence-electron chi connectivity index (χ2n) is 4.59. The minimum atomic E-state index is -0.116. The summed E-state index contributed by atoms with van der Waals surface area (Å²) in [5.74, 6) is 2.25. The van der Waals surface area contributed by atoms with E-state index in [1.807, 2.05) is 13.0 Å². The van der Waals surface area contributed by atoms with Crippen LogP contribution < -0.4 is 5.32 Å². The van der Waals surface area contributed by atoms with Crippen molar-refractivity contribution in [1.29, 1.82) is 0 Å². The Balaban J connectivity index is 2.04.